The molecule has 4 fully saturated rings. The molecule has 4 aliphatic rings. The van der Waals surface area contributed by atoms with Crippen LogP contribution in [0, 0.1) is 52.3 Å². The van der Waals surface area contributed by atoms with Gasteiger partial charge in [-0.25, -0.2) is 0 Å². The van der Waals surface area contributed by atoms with E-state index in [0.29, 0.717) is 29.6 Å². The molecule has 9 atom stereocenters. The molecule has 1 heterocycles. The number of nitrogens with one attached hydrogen (secondary N) is 1. The van der Waals surface area contributed by atoms with Gasteiger partial charge >= 0.3 is 5.97 Å². The molecule has 0 radical (unpaired) electrons. The van der Waals surface area contributed by atoms with Crippen LogP contribution in [0.5, 0.6) is 0 Å². The van der Waals surface area contributed by atoms with Crippen molar-refractivity contribution < 1.29 is 14.7 Å². The predicted octanol–water partition coefficient (Wildman–Crippen LogP) is 7.31. The Bertz CT molecular complexity index is 720. The van der Waals surface area contributed by atoms with E-state index in [-0.39, 0.29) is 29.7 Å². The molecule has 0 aromatic rings. The second-order valence-electron chi connectivity index (χ2n) is 13.0. The summed E-state index contributed by atoms with van der Waals surface area (Å²) >= 11 is 0. The van der Waals surface area contributed by atoms with E-state index in [4.69, 9.17) is 0 Å². The fourth-order valence-corrected chi connectivity index (χ4v) is 9.31. The lowest BCUT2D eigenvalue weighted by atomic mass is 9.44. The maximum absolute atomic E-state index is 12.2. The van der Waals surface area contributed by atoms with E-state index < -0.39 is 5.97 Å². The standard InChI is InChI=1S/C28H47NO3.C2H6/c1-17(2)7-6-8-18(3)20-9-10-21-26-19(16-25(31)32)15-23-28(5,14-12-24(30)29-23)22(26)11-13-27(20,21)4;1-2/h17-23,26H,6-16H2,1-5H3,(H,29,30)(H,31,32);1-2H3/t18?,19?,20?,21?,22?,23?,26?,27-,28-;/m1./s1. The fraction of sp³-hybridized carbons (Fsp3) is 0.933. The van der Waals surface area contributed by atoms with Crippen LogP contribution in [0.25, 0.3) is 0 Å². The number of hydrogen-bond donors (Lipinski definition) is 2. The van der Waals surface area contributed by atoms with Crippen LogP contribution < -0.4 is 5.32 Å². The van der Waals surface area contributed by atoms with Crippen LogP contribution in [0.3, 0.4) is 0 Å². The minimum atomic E-state index is -0.664. The Morgan fingerprint density at radius 1 is 1.03 bits per heavy atom. The summed E-state index contributed by atoms with van der Waals surface area (Å²) < 4.78 is 0. The average Bonchev–Trinajstić information content (AvgIpc) is 3.13. The van der Waals surface area contributed by atoms with Gasteiger partial charge < -0.3 is 10.4 Å². The van der Waals surface area contributed by atoms with Gasteiger partial charge in [-0.3, -0.25) is 9.59 Å². The first-order valence-corrected chi connectivity index (χ1v) is 14.6. The number of piperidine rings is 1. The van der Waals surface area contributed by atoms with Crippen LogP contribution in [-0.4, -0.2) is 23.0 Å². The molecule has 3 saturated carbocycles. The Balaban J connectivity index is 0.00000158. The predicted molar refractivity (Wildman–Crippen MR) is 139 cm³/mol. The van der Waals surface area contributed by atoms with Gasteiger partial charge in [0.2, 0.25) is 5.91 Å². The Kier molecular flexibility index (Phi) is 8.83. The first-order valence-electron chi connectivity index (χ1n) is 14.6. The molecular formula is C30H53NO3. The summed E-state index contributed by atoms with van der Waals surface area (Å²) in [5.41, 5.74) is 0.492. The molecule has 34 heavy (non-hydrogen) atoms. The number of carbonyl (C=O) groups is 2. The molecule has 0 aromatic heterocycles. The van der Waals surface area contributed by atoms with Gasteiger partial charge in [0.05, 0.1) is 0 Å². The molecule has 4 rings (SSSR count). The van der Waals surface area contributed by atoms with E-state index in [1.165, 1.54) is 44.9 Å². The highest BCUT2D eigenvalue weighted by Crippen LogP contribution is 2.68. The zero-order chi connectivity index (χ0) is 25.3. The smallest absolute Gasteiger partial charge is 0.303 e. The van der Waals surface area contributed by atoms with Gasteiger partial charge in [0, 0.05) is 18.9 Å². The van der Waals surface area contributed by atoms with Crippen molar-refractivity contribution in [1.82, 2.24) is 5.32 Å². The third kappa shape index (κ3) is 5.07. The minimum Gasteiger partial charge on any atom is -0.481 e. The zero-order valence-electron chi connectivity index (χ0n) is 23.2. The lowest BCUT2D eigenvalue weighted by Crippen LogP contribution is -2.63. The summed E-state index contributed by atoms with van der Waals surface area (Å²) in [5.74, 6) is 3.75. The normalized spacial score (nSPS) is 41.9. The average molecular weight is 476 g/mol. The van der Waals surface area contributed by atoms with Gasteiger partial charge in [-0.15, -0.1) is 0 Å². The number of carbonyl (C=O) groups excluding carboxylic acids is 1. The highest BCUT2D eigenvalue weighted by molar-refractivity contribution is 5.77. The highest BCUT2D eigenvalue weighted by Gasteiger charge is 2.63. The number of aliphatic carboxylic acids is 1. The third-order valence-electron chi connectivity index (χ3n) is 10.9. The van der Waals surface area contributed by atoms with Gasteiger partial charge in [-0.1, -0.05) is 67.7 Å². The SMILES string of the molecule is CC.CC(C)CCCC(C)C1CCC2C3C(CC(=O)O)CC4NC(=O)CC[C@]4(C)C3CC[C@]12C. The molecule has 7 unspecified atom stereocenters. The maximum Gasteiger partial charge on any atom is 0.303 e. The largest absolute Gasteiger partial charge is 0.481 e. The molecule has 2 N–H and O–H groups in total. The molecule has 3 aliphatic carbocycles. The van der Waals surface area contributed by atoms with Crippen LogP contribution in [0.2, 0.25) is 0 Å². The van der Waals surface area contributed by atoms with Crippen molar-refractivity contribution in [3.8, 4) is 0 Å². The van der Waals surface area contributed by atoms with Crippen molar-refractivity contribution >= 4 is 11.9 Å². The molecule has 4 nitrogen and oxygen atoms in total. The molecular weight excluding hydrogens is 422 g/mol. The van der Waals surface area contributed by atoms with Crippen LogP contribution in [0.4, 0.5) is 0 Å². The van der Waals surface area contributed by atoms with E-state index in [2.05, 4.69) is 39.9 Å². The van der Waals surface area contributed by atoms with E-state index in [1.54, 1.807) is 0 Å². The van der Waals surface area contributed by atoms with Gasteiger partial charge in [0.1, 0.15) is 0 Å². The van der Waals surface area contributed by atoms with Crippen LogP contribution >= 0.6 is 0 Å². The van der Waals surface area contributed by atoms with E-state index in [1.807, 2.05) is 13.8 Å². The van der Waals surface area contributed by atoms with Gasteiger partial charge in [-0.05, 0) is 90.8 Å². The summed E-state index contributed by atoms with van der Waals surface area (Å²) in [6, 6.07) is 0.158. The van der Waals surface area contributed by atoms with E-state index >= 15 is 0 Å². The van der Waals surface area contributed by atoms with Crippen LogP contribution in [-0.2, 0) is 9.59 Å². The number of rotatable bonds is 7. The molecule has 4 heteroatoms. The fourth-order valence-electron chi connectivity index (χ4n) is 9.31. The van der Waals surface area contributed by atoms with Crippen LogP contribution in [0.15, 0.2) is 0 Å². The van der Waals surface area contributed by atoms with Crippen LogP contribution in [0.1, 0.15) is 119 Å². The maximum atomic E-state index is 12.2. The summed E-state index contributed by atoms with van der Waals surface area (Å²) in [6.45, 7) is 16.1. The van der Waals surface area contributed by atoms with Crippen molar-refractivity contribution in [2.45, 2.75) is 125 Å². The molecule has 1 saturated heterocycles. The minimum absolute atomic E-state index is 0.135. The van der Waals surface area contributed by atoms with Crippen molar-refractivity contribution in [2.24, 2.45) is 52.3 Å². The molecule has 196 valence electrons. The first kappa shape index (κ1) is 27.5. The number of carboxylic acids is 1. The second-order valence-corrected chi connectivity index (χ2v) is 13.0. The number of fused-ring (bicyclic) bond motifs is 5. The topological polar surface area (TPSA) is 66.4 Å². The lowest BCUT2D eigenvalue weighted by molar-refractivity contribution is -0.154. The molecule has 0 spiro atoms. The van der Waals surface area contributed by atoms with Gasteiger partial charge in [0.25, 0.3) is 0 Å². The first-order chi connectivity index (χ1) is 16.1. The monoisotopic (exact) mass is 475 g/mol. The van der Waals surface area contributed by atoms with Gasteiger partial charge in [-0.2, -0.15) is 0 Å². The Morgan fingerprint density at radius 2 is 1.71 bits per heavy atom. The summed E-state index contributed by atoms with van der Waals surface area (Å²) in [4.78, 5) is 24.1. The van der Waals surface area contributed by atoms with E-state index in [9.17, 15) is 14.7 Å². The molecule has 1 aliphatic heterocycles. The molecule has 0 aromatic carbocycles. The number of carboxylic acid groups (broad SMARTS) is 1. The van der Waals surface area contributed by atoms with Crippen molar-refractivity contribution in [3.63, 3.8) is 0 Å². The summed E-state index contributed by atoms with van der Waals surface area (Å²) in [6.07, 6.45) is 11.8. The summed E-state index contributed by atoms with van der Waals surface area (Å²) in [5, 5.41) is 13.1. The molecule has 0 bridgehead atoms. The number of amides is 1. The van der Waals surface area contributed by atoms with Crippen molar-refractivity contribution in [1.29, 1.82) is 0 Å². The Labute approximate surface area is 209 Å². The quantitative estimate of drug-likeness (QED) is 0.405. The molecule has 1 amide bonds. The van der Waals surface area contributed by atoms with Gasteiger partial charge in [0.15, 0.2) is 0 Å². The Hall–Kier alpha value is -1.06. The lowest BCUT2D eigenvalue weighted by Gasteiger charge is -2.62. The highest BCUT2D eigenvalue weighted by atomic mass is 16.4. The van der Waals surface area contributed by atoms with Crippen molar-refractivity contribution in [3.05, 3.63) is 0 Å². The third-order valence-corrected chi connectivity index (χ3v) is 10.9. The second kappa shape index (κ2) is 10.9. The Morgan fingerprint density at radius 3 is 2.35 bits per heavy atom. The summed E-state index contributed by atoms with van der Waals surface area (Å²) in [7, 11) is 0. The number of hydrogen-bond acceptors (Lipinski definition) is 2. The zero-order valence-corrected chi connectivity index (χ0v) is 23.2. The van der Waals surface area contributed by atoms with E-state index in [0.717, 1.165) is 30.6 Å². The van der Waals surface area contributed by atoms with Crippen molar-refractivity contribution in [2.75, 3.05) is 0 Å².